The number of benzene rings is 2. The molecule has 0 radical (unpaired) electrons. The molecule has 1 atom stereocenters. The van der Waals surface area contributed by atoms with E-state index >= 15 is 0 Å². The van der Waals surface area contributed by atoms with Crippen LogP contribution >= 0.6 is 0 Å². The Morgan fingerprint density at radius 1 is 1.12 bits per heavy atom. The molecule has 1 N–H and O–H groups in total. The van der Waals surface area contributed by atoms with Gasteiger partial charge >= 0.3 is 12.1 Å². The van der Waals surface area contributed by atoms with Gasteiger partial charge in [0.1, 0.15) is 17.0 Å². The summed E-state index contributed by atoms with van der Waals surface area (Å²) in [5, 5.41) is 9.72. The van der Waals surface area contributed by atoms with Crippen LogP contribution in [0.15, 0.2) is 60.8 Å². The fraction of sp³-hybridized carbons (Fsp3) is 0.400. The topological polar surface area (TPSA) is 108 Å². The first-order valence-corrected chi connectivity index (χ1v) is 13.3. The summed E-state index contributed by atoms with van der Waals surface area (Å²) in [5.41, 5.74) is 2.43. The molecule has 212 valence electrons. The molecular formula is C30H37N5O5. The van der Waals surface area contributed by atoms with Crippen LogP contribution in [0.5, 0.6) is 6.01 Å². The SMILES string of the molecule is CN(CCC(OCc1cccc(N2CCN(C)c3nc(O)ncc3C2=O)c1)c1ccccc1)C(=O)OC(C)(C)C. The highest BCUT2D eigenvalue weighted by Gasteiger charge is 2.28. The van der Waals surface area contributed by atoms with Gasteiger partial charge in [-0.1, -0.05) is 42.5 Å². The number of likely N-dealkylation sites (N-methyl/N-ethyl adjacent to an activating group) is 1. The summed E-state index contributed by atoms with van der Waals surface area (Å²) in [6.45, 7) is 7.30. The lowest BCUT2D eigenvalue weighted by Gasteiger charge is -2.26. The van der Waals surface area contributed by atoms with E-state index in [1.165, 1.54) is 6.20 Å². The van der Waals surface area contributed by atoms with E-state index in [0.717, 1.165) is 16.8 Å². The maximum absolute atomic E-state index is 13.4. The van der Waals surface area contributed by atoms with Crippen LogP contribution < -0.4 is 9.80 Å². The van der Waals surface area contributed by atoms with E-state index in [-0.39, 0.29) is 24.1 Å². The Balaban J connectivity index is 1.47. The van der Waals surface area contributed by atoms with Gasteiger partial charge in [0, 0.05) is 45.6 Å². The van der Waals surface area contributed by atoms with Crippen molar-refractivity contribution in [3.8, 4) is 6.01 Å². The van der Waals surface area contributed by atoms with E-state index in [4.69, 9.17) is 9.47 Å². The lowest BCUT2D eigenvalue weighted by molar-refractivity contribution is 0.0137. The van der Waals surface area contributed by atoms with Gasteiger partial charge in [0.2, 0.25) is 0 Å². The van der Waals surface area contributed by atoms with E-state index in [0.29, 0.717) is 44.0 Å². The molecule has 2 heterocycles. The zero-order valence-electron chi connectivity index (χ0n) is 23.7. The summed E-state index contributed by atoms with van der Waals surface area (Å²) in [7, 11) is 3.55. The van der Waals surface area contributed by atoms with E-state index in [9.17, 15) is 14.7 Å². The first-order chi connectivity index (χ1) is 19.0. The van der Waals surface area contributed by atoms with Crippen molar-refractivity contribution in [1.82, 2.24) is 14.9 Å². The number of rotatable bonds is 8. The average Bonchev–Trinajstić information content (AvgIpc) is 3.04. The second-order valence-electron chi connectivity index (χ2n) is 10.9. The van der Waals surface area contributed by atoms with Crippen LogP contribution in [0.1, 0.15) is 54.8 Å². The minimum absolute atomic E-state index is 0.232. The van der Waals surface area contributed by atoms with Gasteiger partial charge < -0.3 is 29.3 Å². The van der Waals surface area contributed by atoms with Crippen molar-refractivity contribution in [2.24, 2.45) is 0 Å². The van der Waals surface area contributed by atoms with E-state index < -0.39 is 5.60 Å². The third-order valence-electron chi connectivity index (χ3n) is 6.53. The van der Waals surface area contributed by atoms with Gasteiger partial charge in [0.05, 0.1) is 12.7 Å². The van der Waals surface area contributed by atoms with Gasteiger partial charge in [-0.2, -0.15) is 4.98 Å². The molecule has 2 amide bonds. The van der Waals surface area contributed by atoms with Crippen molar-refractivity contribution in [3.63, 3.8) is 0 Å². The summed E-state index contributed by atoms with van der Waals surface area (Å²) in [5.74, 6) is 0.173. The molecule has 3 aromatic rings. The first-order valence-electron chi connectivity index (χ1n) is 13.3. The summed E-state index contributed by atoms with van der Waals surface area (Å²) in [6.07, 6.45) is 1.32. The largest absolute Gasteiger partial charge is 0.479 e. The predicted octanol–water partition coefficient (Wildman–Crippen LogP) is 4.79. The van der Waals surface area contributed by atoms with Crippen LogP contribution in [0, 0.1) is 0 Å². The van der Waals surface area contributed by atoms with Crippen LogP contribution in [0.25, 0.3) is 0 Å². The first kappa shape index (κ1) is 28.8. The fourth-order valence-corrected chi connectivity index (χ4v) is 4.42. The number of nitrogens with zero attached hydrogens (tertiary/aromatic N) is 5. The van der Waals surface area contributed by atoms with Gasteiger partial charge in [0.15, 0.2) is 0 Å². The molecule has 4 rings (SSSR count). The van der Waals surface area contributed by atoms with Crippen LogP contribution in [0.2, 0.25) is 0 Å². The number of anilines is 2. The second kappa shape index (κ2) is 12.3. The number of ether oxygens (including phenoxy) is 2. The van der Waals surface area contributed by atoms with Crippen LogP contribution in [-0.2, 0) is 16.1 Å². The third kappa shape index (κ3) is 7.26. The standard InChI is InChI=1S/C30H37N5O5/c1-30(2,3)40-29(38)34(5)15-14-25(22-11-7-6-8-12-22)39-20-21-10-9-13-23(18-21)35-17-16-33(4)26-24(27(35)36)19-31-28(37)32-26/h6-13,18-19,25H,14-17,20H2,1-5H3,(H,31,32,37). The Hall–Kier alpha value is -4.18. The maximum atomic E-state index is 13.4. The molecule has 40 heavy (non-hydrogen) atoms. The van der Waals surface area contributed by atoms with Gasteiger partial charge in [-0.3, -0.25) is 4.79 Å². The molecule has 10 heteroatoms. The summed E-state index contributed by atoms with van der Waals surface area (Å²) < 4.78 is 11.9. The normalized spacial score (nSPS) is 14.4. The van der Waals surface area contributed by atoms with Gasteiger partial charge in [0.25, 0.3) is 5.91 Å². The maximum Gasteiger partial charge on any atom is 0.410 e. The summed E-state index contributed by atoms with van der Waals surface area (Å²) >= 11 is 0. The zero-order valence-corrected chi connectivity index (χ0v) is 23.7. The van der Waals surface area contributed by atoms with Crippen molar-refractivity contribution in [2.75, 3.05) is 43.5 Å². The molecule has 0 fully saturated rings. The Morgan fingerprint density at radius 3 is 2.60 bits per heavy atom. The van der Waals surface area contributed by atoms with E-state index in [1.807, 2.05) is 87.3 Å². The lowest BCUT2D eigenvalue weighted by Crippen LogP contribution is -2.35. The number of hydrogen-bond acceptors (Lipinski definition) is 8. The number of aromatic hydroxyl groups is 1. The van der Waals surface area contributed by atoms with E-state index in [2.05, 4.69) is 9.97 Å². The molecule has 0 saturated carbocycles. The minimum atomic E-state index is -0.563. The highest BCUT2D eigenvalue weighted by Crippen LogP contribution is 2.28. The quantitative estimate of drug-likeness (QED) is 0.429. The van der Waals surface area contributed by atoms with Crippen LogP contribution in [0.3, 0.4) is 0 Å². The molecule has 1 unspecified atom stereocenters. The lowest BCUT2D eigenvalue weighted by atomic mass is 10.1. The highest BCUT2D eigenvalue weighted by molar-refractivity contribution is 6.09. The second-order valence-corrected chi connectivity index (χ2v) is 10.9. The third-order valence-corrected chi connectivity index (χ3v) is 6.53. The summed E-state index contributed by atoms with van der Waals surface area (Å²) in [6, 6.07) is 17.2. The van der Waals surface area contributed by atoms with Crippen molar-refractivity contribution in [2.45, 2.75) is 45.5 Å². The number of carbonyl (C=O) groups is 2. The van der Waals surface area contributed by atoms with Gasteiger partial charge in [-0.15, -0.1) is 0 Å². The predicted molar refractivity (Wildman–Crippen MR) is 153 cm³/mol. The van der Waals surface area contributed by atoms with Crippen molar-refractivity contribution in [1.29, 1.82) is 0 Å². The van der Waals surface area contributed by atoms with Crippen molar-refractivity contribution < 1.29 is 24.2 Å². The molecule has 0 aliphatic carbocycles. The number of carbonyl (C=O) groups excluding carboxylic acids is 2. The zero-order chi connectivity index (χ0) is 28.9. The molecule has 1 aromatic heterocycles. The average molecular weight is 548 g/mol. The van der Waals surface area contributed by atoms with Crippen LogP contribution in [-0.4, -0.2) is 71.3 Å². The van der Waals surface area contributed by atoms with Gasteiger partial charge in [-0.05, 0) is 50.5 Å². The highest BCUT2D eigenvalue weighted by atomic mass is 16.6. The van der Waals surface area contributed by atoms with E-state index in [1.54, 1.807) is 16.8 Å². The van der Waals surface area contributed by atoms with Crippen molar-refractivity contribution in [3.05, 3.63) is 77.5 Å². The van der Waals surface area contributed by atoms with Gasteiger partial charge in [-0.25, -0.2) is 9.78 Å². The number of hydrogen-bond donors (Lipinski definition) is 1. The number of amides is 2. The molecule has 0 bridgehead atoms. The monoisotopic (exact) mass is 547 g/mol. The van der Waals surface area contributed by atoms with Crippen molar-refractivity contribution >= 4 is 23.5 Å². The molecule has 1 aliphatic heterocycles. The Kier molecular flexibility index (Phi) is 8.89. The smallest absolute Gasteiger partial charge is 0.410 e. The Morgan fingerprint density at radius 2 is 1.88 bits per heavy atom. The number of fused-ring (bicyclic) bond motifs is 1. The molecule has 0 saturated heterocycles. The Labute approximate surface area is 235 Å². The summed E-state index contributed by atoms with van der Waals surface area (Å²) in [4.78, 5) is 38.8. The molecular weight excluding hydrogens is 510 g/mol. The molecule has 1 aliphatic rings. The molecule has 0 spiro atoms. The number of aromatic nitrogens is 2. The Bertz CT molecular complexity index is 1330. The minimum Gasteiger partial charge on any atom is -0.479 e. The molecule has 2 aromatic carbocycles. The van der Waals surface area contributed by atoms with Crippen LogP contribution in [0.4, 0.5) is 16.3 Å². The fourth-order valence-electron chi connectivity index (χ4n) is 4.42. The molecule has 10 nitrogen and oxygen atoms in total.